The number of amides is 1. The monoisotopic (exact) mass is 574 g/mol. The van der Waals surface area contributed by atoms with Gasteiger partial charge in [0.2, 0.25) is 5.89 Å². The molecule has 5 rings (SSSR count). The van der Waals surface area contributed by atoms with Crippen LogP contribution in [0.15, 0.2) is 81.6 Å². The van der Waals surface area contributed by atoms with E-state index in [2.05, 4.69) is 32.9 Å². The number of oxazole rings is 1. The largest absolute Gasteiger partial charge is 0.451 e. The normalized spacial score (nSPS) is 11.1. The minimum atomic E-state index is -0.393. The van der Waals surface area contributed by atoms with E-state index in [9.17, 15) is 4.79 Å². The topological polar surface area (TPSA) is 68.3 Å². The average molecular weight is 575 g/mol. The first-order valence-corrected chi connectivity index (χ1v) is 11.3. The molecule has 8 heteroatoms. The minimum absolute atomic E-state index is 0.149. The zero-order valence-corrected chi connectivity index (χ0v) is 19.9. The Morgan fingerprint density at radius 2 is 1.75 bits per heavy atom. The summed E-state index contributed by atoms with van der Waals surface area (Å²) in [4.78, 5) is 17.2. The molecule has 1 amide bonds. The van der Waals surface area contributed by atoms with Crippen molar-refractivity contribution < 1.29 is 13.6 Å². The van der Waals surface area contributed by atoms with Crippen LogP contribution in [0.25, 0.3) is 33.9 Å². The average Bonchev–Trinajstić information content (AvgIpc) is 3.43. The molecule has 0 aliphatic heterocycles. The Balaban J connectivity index is 1.37. The lowest BCUT2D eigenvalue weighted by Crippen LogP contribution is -2.10. The lowest BCUT2D eigenvalue weighted by atomic mass is 10.2. The van der Waals surface area contributed by atoms with Crippen LogP contribution in [-0.2, 0) is 0 Å². The van der Waals surface area contributed by atoms with Gasteiger partial charge in [-0.25, -0.2) is 4.98 Å². The Bertz CT molecular complexity index is 1460. The Morgan fingerprint density at radius 1 is 0.938 bits per heavy atom. The molecule has 158 valence electrons. The highest BCUT2D eigenvalue weighted by Gasteiger charge is 2.16. The molecule has 32 heavy (non-hydrogen) atoms. The molecule has 2 aromatic heterocycles. The maximum Gasteiger partial charge on any atom is 0.291 e. The summed E-state index contributed by atoms with van der Waals surface area (Å²) in [5.74, 6) is 0.733. The van der Waals surface area contributed by atoms with Gasteiger partial charge in [0.1, 0.15) is 11.3 Å². The van der Waals surface area contributed by atoms with Gasteiger partial charge in [0.15, 0.2) is 11.3 Å². The van der Waals surface area contributed by atoms with Crippen molar-refractivity contribution in [1.29, 1.82) is 0 Å². The summed E-state index contributed by atoms with van der Waals surface area (Å²) in [5, 5.41) is 3.61. The predicted molar refractivity (Wildman–Crippen MR) is 134 cm³/mol. The highest BCUT2D eigenvalue weighted by atomic mass is 127. The zero-order valence-electron chi connectivity index (χ0n) is 16.2. The van der Waals surface area contributed by atoms with Gasteiger partial charge in [0.05, 0.1) is 10.0 Å². The van der Waals surface area contributed by atoms with Crippen molar-refractivity contribution in [2.45, 2.75) is 0 Å². The number of aromatic nitrogens is 1. The number of rotatable bonds is 4. The summed E-state index contributed by atoms with van der Waals surface area (Å²) >= 11 is 14.6. The van der Waals surface area contributed by atoms with Crippen molar-refractivity contribution in [2.24, 2.45) is 0 Å². The van der Waals surface area contributed by atoms with Crippen LogP contribution in [0.4, 0.5) is 5.69 Å². The van der Waals surface area contributed by atoms with Crippen LogP contribution in [0.3, 0.4) is 0 Å². The van der Waals surface area contributed by atoms with E-state index in [1.54, 1.807) is 48.5 Å². The second-order valence-electron chi connectivity index (χ2n) is 6.93. The van der Waals surface area contributed by atoms with E-state index < -0.39 is 5.91 Å². The van der Waals surface area contributed by atoms with Gasteiger partial charge < -0.3 is 14.2 Å². The first-order valence-electron chi connectivity index (χ1n) is 9.50. The van der Waals surface area contributed by atoms with E-state index in [0.717, 1.165) is 9.13 Å². The maximum atomic E-state index is 12.7. The molecule has 5 aromatic rings. The fourth-order valence-corrected chi connectivity index (χ4v) is 3.97. The smallest absolute Gasteiger partial charge is 0.291 e. The number of carbonyl (C=O) groups is 1. The number of fused-ring (bicyclic) bond motifs is 1. The van der Waals surface area contributed by atoms with Crippen LogP contribution in [0.5, 0.6) is 0 Å². The Labute approximate surface area is 206 Å². The lowest BCUT2D eigenvalue weighted by Gasteiger charge is -2.04. The summed E-state index contributed by atoms with van der Waals surface area (Å²) in [6, 6.07) is 21.7. The van der Waals surface area contributed by atoms with E-state index in [-0.39, 0.29) is 5.76 Å². The van der Waals surface area contributed by atoms with Crippen molar-refractivity contribution in [2.75, 3.05) is 5.32 Å². The molecule has 0 aliphatic carbocycles. The van der Waals surface area contributed by atoms with Crippen LogP contribution < -0.4 is 5.32 Å². The summed E-state index contributed by atoms with van der Waals surface area (Å²) in [6.45, 7) is 0. The Morgan fingerprint density at radius 3 is 2.56 bits per heavy atom. The quantitative estimate of drug-likeness (QED) is 0.221. The van der Waals surface area contributed by atoms with Crippen molar-refractivity contribution >= 4 is 68.5 Å². The number of hydrogen-bond donors (Lipinski definition) is 1. The molecular formula is C24H13Cl2IN2O3. The lowest BCUT2D eigenvalue weighted by molar-refractivity contribution is 0.0997. The van der Waals surface area contributed by atoms with E-state index >= 15 is 0 Å². The second-order valence-corrected chi connectivity index (χ2v) is 8.96. The number of carbonyl (C=O) groups excluding carboxylic acids is 1. The van der Waals surface area contributed by atoms with Crippen molar-refractivity contribution in [3.8, 4) is 22.8 Å². The fourth-order valence-electron chi connectivity index (χ4n) is 3.21. The van der Waals surface area contributed by atoms with Gasteiger partial charge in [0, 0.05) is 20.4 Å². The van der Waals surface area contributed by atoms with Gasteiger partial charge in [-0.05, 0) is 89.3 Å². The summed E-state index contributed by atoms with van der Waals surface area (Å²) in [5.41, 5.74) is 3.35. The van der Waals surface area contributed by atoms with Gasteiger partial charge >= 0.3 is 0 Å². The minimum Gasteiger partial charge on any atom is -0.451 e. The van der Waals surface area contributed by atoms with Crippen molar-refractivity contribution in [1.82, 2.24) is 4.98 Å². The summed E-state index contributed by atoms with van der Waals surface area (Å²) in [6.07, 6.45) is 0. The molecule has 0 aliphatic rings. The number of anilines is 1. The SMILES string of the molecule is O=C(Nc1ccc2oc(-c3ccc(I)cc3)nc2c1)c1ccc(-c2cccc(Cl)c2Cl)o1. The van der Waals surface area contributed by atoms with Gasteiger partial charge in [-0.15, -0.1) is 0 Å². The number of furan rings is 1. The highest BCUT2D eigenvalue weighted by molar-refractivity contribution is 14.1. The summed E-state index contributed by atoms with van der Waals surface area (Å²) < 4.78 is 12.7. The number of benzene rings is 3. The molecule has 0 radical (unpaired) electrons. The number of nitrogens with zero attached hydrogens (tertiary/aromatic N) is 1. The van der Waals surface area contributed by atoms with Crippen LogP contribution in [-0.4, -0.2) is 10.9 Å². The molecule has 0 unspecified atom stereocenters. The van der Waals surface area contributed by atoms with Gasteiger partial charge in [-0.3, -0.25) is 4.79 Å². The van der Waals surface area contributed by atoms with E-state index in [1.807, 2.05) is 24.3 Å². The van der Waals surface area contributed by atoms with Gasteiger partial charge in [0.25, 0.3) is 5.91 Å². The van der Waals surface area contributed by atoms with Crippen molar-refractivity contribution in [3.63, 3.8) is 0 Å². The van der Waals surface area contributed by atoms with Crippen molar-refractivity contribution in [3.05, 3.63) is 92.2 Å². The highest BCUT2D eigenvalue weighted by Crippen LogP contribution is 2.34. The molecule has 0 saturated carbocycles. The van der Waals surface area contributed by atoms with E-state index in [1.165, 1.54) is 0 Å². The van der Waals surface area contributed by atoms with Gasteiger partial charge in [-0.2, -0.15) is 0 Å². The molecular weight excluding hydrogens is 562 g/mol. The van der Waals surface area contributed by atoms with Crippen LogP contribution in [0.1, 0.15) is 10.6 Å². The molecule has 0 fully saturated rings. The Kier molecular flexibility index (Phi) is 5.67. The summed E-state index contributed by atoms with van der Waals surface area (Å²) in [7, 11) is 0. The molecule has 1 N–H and O–H groups in total. The number of halogens is 3. The third-order valence-corrected chi connectivity index (χ3v) is 6.32. The first kappa shape index (κ1) is 21.1. The molecule has 0 spiro atoms. The second kappa shape index (κ2) is 8.61. The molecule has 0 bridgehead atoms. The van der Waals surface area contributed by atoms with Crippen LogP contribution in [0.2, 0.25) is 10.0 Å². The Hall–Kier alpha value is -2.81. The molecule has 3 aromatic carbocycles. The van der Waals surface area contributed by atoms with Crippen LogP contribution >= 0.6 is 45.8 Å². The first-order chi connectivity index (χ1) is 15.5. The van der Waals surface area contributed by atoms with Crippen LogP contribution in [0, 0.1) is 3.57 Å². The molecule has 0 atom stereocenters. The fraction of sp³-hybridized carbons (Fsp3) is 0. The molecule has 5 nitrogen and oxygen atoms in total. The predicted octanol–water partition coefficient (Wildman–Crippen LogP) is 7.92. The maximum absolute atomic E-state index is 12.7. The number of hydrogen-bond acceptors (Lipinski definition) is 4. The zero-order chi connectivity index (χ0) is 22.2. The van der Waals surface area contributed by atoms with Gasteiger partial charge in [-0.1, -0.05) is 29.3 Å². The molecule has 0 saturated heterocycles. The molecule has 2 heterocycles. The third-order valence-electron chi connectivity index (χ3n) is 4.78. The third kappa shape index (κ3) is 4.13. The van der Waals surface area contributed by atoms with E-state index in [4.69, 9.17) is 32.0 Å². The van der Waals surface area contributed by atoms with E-state index in [0.29, 0.717) is 44.0 Å². The standard InChI is InChI=1S/C24H13Cl2IN2O3/c25-17-3-1-2-16(22(17)26)19-10-11-21(31-19)23(30)28-15-8-9-20-18(12-15)29-24(32-20)13-4-6-14(27)7-5-13/h1-12H,(H,28,30). The number of nitrogens with one attached hydrogen (secondary N) is 1.